The van der Waals surface area contributed by atoms with E-state index in [0.29, 0.717) is 11.1 Å². The summed E-state index contributed by atoms with van der Waals surface area (Å²) in [7, 11) is -5.16. The maximum atomic E-state index is 6.46. The molecule has 0 aromatic heterocycles. The minimum absolute atomic E-state index is 0. The van der Waals surface area contributed by atoms with Crippen LogP contribution in [0.3, 0.4) is 0 Å². The maximum absolute atomic E-state index is 6.46. The van der Waals surface area contributed by atoms with Gasteiger partial charge in [0.15, 0.2) is 16.6 Å². The zero-order valence-electron chi connectivity index (χ0n) is 13.5. The Hall–Kier alpha value is 0.571. The first-order valence-electron chi connectivity index (χ1n) is 6.70. The van der Waals surface area contributed by atoms with E-state index < -0.39 is 25.2 Å². The second-order valence-electron chi connectivity index (χ2n) is 7.12. The molecule has 0 aliphatic heterocycles. The van der Waals surface area contributed by atoms with Crippen LogP contribution in [0.15, 0.2) is 0 Å². The van der Waals surface area contributed by atoms with Gasteiger partial charge in [-0.1, -0.05) is 35.1 Å². The number of hydrogen-bond acceptors (Lipinski definition) is 2. The Bertz CT molecular complexity index is 225. The standard InChI is InChI=1S/C12H32O2Si3.CH4/c1-11(2)15(5,6)13-17(9,10)14-16(7,8)12(3)4;/h11-12H,1-10H3;1H4. The van der Waals surface area contributed by atoms with E-state index in [-0.39, 0.29) is 7.43 Å². The normalized spacial score (nSPS) is 14.0. The van der Waals surface area contributed by atoms with Gasteiger partial charge in [0.25, 0.3) is 0 Å². The molecule has 0 aliphatic carbocycles. The van der Waals surface area contributed by atoms with E-state index in [1.807, 2.05) is 0 Å². The summed E-state index contributed by atoms with van der Waals surface area (Å²) >= 11 is 0. The van der Waals surface area contributed by atoms with Crippen molar-refractivity contribution in [2.75, 3.05) is 0 Å². The highest BCUT2D eigenvalue weighted by molar-refractivity contribution is 6.88. The van der Waals surface area contributed by atoms with Gasteiger partial charge in [-0.3, -0.25) is 0 Å². The fourth-order valence-electron chi connectivity index (χ4n) is 1.52. The summed E-state index contributed by atoms with van der Waals surface area (Å²) in [5, 5.41) is 0. The molecule has 0 unspecified atom stereocenters. The van der Waals surface area contributed by atoms with Crippen molar-refractivity contribution in [3.8, 4) is 0 Å². The molecule has 0 fully saturated rings. The first-order chi connectivity index (χ1) is 7.30. The summed E-state index contributed by atoms with van der Waals surface area (Å²) in [5.74, 6) is 0. The first kappa shape index (κ1) is 20.9. The Kier molecular flexibility index (Phi) is 7.93. The average molecular weight is 309 g/mol. The molecule has 0 bridgehead atoms. The molecular formula is C13H36O2Si3. The summed E-state index contributed by atoms with van der Waals surface area (Å²) < 4.78 is 12.9. The van der Waals surface area contributed by atoms with Crippen molar-refractivity contribution in [2.24, 2.45) is 0 Å². The molecule has 0 radical (unpaired) electrons. The molecule has 18 heavy (non-hydrogen) atoms. The second kappa shape index (κ2) is 6.83. The average Bonchev–Trinajstić information content (AvgIpc) is 1.98. The summed E-state index contributed by atoms with van der Waals surface area (Å²) in [6, 6.07) is 0. The van der Waals surface area contributed by atoms with E-state index in [9.17, 15) is 0 Å². The molecule has 0 aromatic carbocycles. The lowest BCUT2D eigenvalue weighted by Crippen LogP contribution is -2.54. The monoisotopic (exact) mass is 308 g/mol. The molecule has 2 nitrogen and oxygen atoms in total. The van der Waals surface area contributed by atoms with Gasteiger partial charge >= 0.3 is 8.56 Å². The van der Waals surface area contributed by atoms with E-state index in [1.165, 1.54) is 0 Å². The molecule has 112 valence electrons. The highest BCUT2D eigenvalue weighted by Gasteiger charge is 2.41. The minimum Gasteiger partial charge on any atom is -0.436 e. The van der Waals surface area contributed by atoms with Crippen molar-refractivity contribution in [2.45, 2.75) is 85.5 Å². The molecule has 0 rings (SSSR count). The van der Waals surface area contributed by atoms with Gasteiger partial charge in [-0.15, -0.1) is 0 Å². The topological polar surface area (TPSA) is 18.5 Å². The van der Waals surface area contributed by atoms with E-state index in [1.54, 1.807) is 0 Å². The molecule has 0 heterocycles. The maximum Gasteiger partial charge on any atom is 0.311 e. The van der Waals surface area contributed by atoms with Crippen molar-refractivity contribution in [3.05, 3.63) is 0 Å². The van der Waals surface area contributed by atoms with Crippen molar-refractivity contribution >= 4 is 25.2 Å². The van der Waals surface area contributed by atoms with Crippen LogP contribution in [0.5, 0.6) is 0 Å². The molecular weight excluding hydrogens is 272 g/mol. The van der Waals surface area contributed by atoms with Gasteiger partial charge < -0.3 is 8.23 Å². The van der Waals surface area contributed by atoms with Crippen LogP contribution in [0.2, 0.25) is 50.4 Å². The van der Waals surface area contributed by atoms with Crippen LogP contribution in [-0.4, -0.2) is 25.2 Å². The van der Waals surface area contributed by atoms with Gasteiger partial charge in [-0.2, -0.15) is 0 Å². The van der Waals surface area contributed by atoms with Crippen molar-refractivity contribution in [1.82, 2.24) is 0 Å². The summed E-state index contributed by atoms with van der Waals surface area (Å²) in [5.41, 5.74) is 1.28. The third kappa shape index (κ3) is 6.65. The Labute approximate surface area is 119 Å². The molecule has 0 spiro atoms. The van der Waals surface area contributed by atoms with Crippen molar-refractivity contribution in [1.29, 1.82) is 0 Å². The van der Waals surface area contributed by atoms with Gasteiger partial charge in [0, 0.05) is 0 Å². The Morgan fingerprint density at radius 1 is 0.611 bits per heavy atom. The molecule has 0 aromatic rings. The van der Waals surface area contributed by atoms with Crippen molar-refractivity contribution < 1.29 is 8.23 Å². The van der Waals surface area contributed by atoms with Gasteiger partial charge in [0.05, 0.1) is 0 Å². The first-order valence-corrected chi connectivity index (χ1v) is 15.5. The third-order valence-corrected chi connectivity index (χ3v) is 17.5. The minimum atomic E-state index is -1.98. The SMILES string of the molecule is C.CC(C)[Si](C)(C)O[Si](C)(C)O[Si](C)(C)C(C)C. The predicted octanol–water partition coefficient (Wildman–Crippen LogP) is 5.59. The lowest BCUT2D eigenvalue weighted by atomic mass is 10.6. The molecule has 0 atom stereocenters. The molecule has 0 amide bonds. The van der Waals surface area contributed by atoms with E-state index >= 15 is 0 Å². The second-order valence-corrected chi connectivity index (χ2v) is 20.3. The summed E-state index contributed by atoms with van der Waals surface area (Å²) in [6.45, 7) is 22.7. The summed E-state index contributed by atoms with van der Waals surface area (Å²) in [6.07, 6.45) is 0. The van der Waals surface area contributed by atoms with Crippen molar-refractivity contribution in [3.63, 3.8) is 0 Å². The van der Waals surface area contributed by atoms with E-state index in [4.69, 9.17) is 8.23 Å². The predicted molar refractivity (Wildman–Crippen MR) is 91.5 cm³/mol. The van der Waals surface area contributed by atoms with Crippen LogP contribution in [0.25, 0.3) is 0 Å². The molecule has 0 saturated carbocycles. The Morgan fingerprint density at radius 3 is 1.00 bits per heavy atom. The van der Waals surface area contributed by atoms with Gasteiger partial charge in [0.1, 0.15) is 0 Å². The molecule has 5 heteroatoms. The number of rotatable bonds is 6. The van der Waals surface area contributed by atoms with Crippen LogP contribution in [0, 0.1) is 0 Å². The van der Waals surface area contributed by atoms with Crippen LogP contribution >= 0.6 is 0 Å². The van der Waals surface area contributed by atoms with Crippen LogP contribution < -0.4 is 0 Å². The van der Waals surface area contributed by atoms with E-state index in [0.717, 1.165) is 0 Å². The Balaban J connectivity index is 0. The lowest BCUT2D eigenvalue weighted by molar-refractivity contribution is 0.379. The number of hydrogen-bond donors (Lipinski definition) is 0. The van der Waals surface area contributed by atoms with Gasteiger partial charge in [0.2, 0.25) is 0 Å². The van der Waals surface area contributed by atoms with Gasteiger partial charge in [-0.05, 0) is 50.4 Å². The Morgan fingerprint density at radius 2 is 0.833 bits per heavy atom. The van der Waals surface area contributed by atoms with Crippen LogP contribution in [-0.2, 0) is 8.23 Å². The zero-order chi connectivity index (χ0) is 14.1. The largest absolute Gasteiger partial charge is 0.436 e. The fraction of sp³-hybridized carbons (Fsp3) is 1.00. The highest BCUT2D eigenvalue weighted by Crippen LogP contribution is 2.30. The smallest absolute Gasteiger partial charge is 0.311 e. The van der Waals surface area contributed by atoms with Crippen LogP contribution in [0.1, 0.15) is 35.1 Å². The lowest BCUT2D eigenvalue weighted by Gasteiger charge is -2.41. The van der Waals surface area contributed by atoms with Gasteiger partial charge in [-0.25, -0.2) is 0 Å². The fourth-order valence-corrected chi connectivity index (χ4v) is 14.1. The summed E-state index contributed by atoms with van der Waals surface area (Å²) in [4.78, 5) is 0. The van der Waals surface area contributed by atoms with E-state index in [2.05, 4.69) is 67.0 Å². The highest BCUT2D eigenvalue weighted by atomic mass is 28.5. The molecule has 0 N–H and O–H groups in total. The molecule has 0 aliphatic rings. The zero-order valence-corrected chi connectivity index (χ0v) is 16.5. The molecule has 0 saturated heterocycles. The third-order valence-electron chi connectivity index (χ3n) is 3.80. The van der Waals surface area contributed by atoms with Crippen LogP contribution in [0.4, 0.5) is 0 Å². The quantitative estimate of drug-likeness (QED) is 0.596.